The molecule has 0 spiro atoms. The van der Waals surface area contributed by atoms with E-state index in [1.807, 2.05) is 50.2 Å². The van der Waals surface area contributed by atoms with Crippen LogP contribution in [0.2, 0.25) is 0 Å². The minimum Gasteiger partial charge on any atom is -0.380 e. The highest BCUT2D eigenvalue weighted by Crippen LogP contribution is 2.18. The number of rotatable bonds is 19. The van der Waals surface area contributed by atoms with Crippen molar-refractivity contribution >= 4 is 23.8 Å². The van der Waals surface area contributed by atoms with E-state index in [1.165, 1.54) is 0 Å². The first-order valence-electron chi connectivity index (χ1n) is 13.7. The van der Waals surface area contributed by atoms with Gasteiger partial charge < -0.3 is 15.4 Å². The summed E-state index contributed by atoms with van der Waals surface area (Å²) in [5.74, 6) is 0.178. The third-order valence-corrected chi connectivity index (χ3v) is 6.62. The number of Topliss-reactive ketones (excluding diaryl/α,β-unsaturated/α-hetero) is 2. The van der Waals surface area contributed by atoms with E-state index in [2.05, 4.69) is 10.6 Å². The summed E-state index contributed by atoms with van der Waals surface area (Å²) in [5, 5.41) is 6.03. The highest BCUT2D eigenvalue weighted by atomic mass is 16.5. The molecule has 0 aliphatic carbocycles. The van der Waals surface area contributed by atoms with Crippen molar-refractivity contribution in [1.29, 1.82) is 0 Å². The normalized spacial score (nSPS) is 10.8. The minimum absolute atomic E-state index is 0.0113. The van der Waals surface area contributed by atoms with Crippen LogP contribution in [0.4, 0.5) is 0 Å². The first-order valence-corrected chi connectivity index (χ1v) is 13.7. The standard InChI is InChI=1S/C31H42N2O5/c1-4-28-24(9-6-11-26(28)22-34)14-16-31(37)33-17-8-19-38-20-18-32-21-27(36)15-13-25-10-7-12-30(23(3)35)29(25)5-2/h6-7,9-12,22,32H,4-5,8,13-21H2,1-3H3,(H,33,37). The molecule has 2 N–H and O–H groups in total. The van der Waals surface area contributed by atoms with Crippen molar-refractivity contribution in [2.24, 2.45) is 0 Å². The number of aldehydes is 1. The third-order valence-electron chi connectivity index (χ3n) is 6.62. The van der Waals surface area contributed by atoms with E-state index in [0.717, 1.165) is 46.9 Å². The largest absolute Gasteiger partial charge is 0.380 e. The van der Waals surface area contributed by atoms with Gasteiger partial charge in [-0.05, 0) is 61.3 Å². The van der Waals surface area contributed by atoms with E-state index in [1.54, 1.807) is 6.92 Å². The first kappa shape index (κ1) is 31.1. The average Bonchev–Trinajstić information content (AvgIpc) is 2.93. The molecule has 38 heavy (non-hydrogen) atoms. The Labute approximate surface area is 226 Å². The number of carbonyl (C=O) groups excluding carboxylic acids is 4. The van der Waals surface area contributed by atoms with E-state index in [4.69, 9.17) is 4.74 Å². The van der Waals surface area contributed by atoms with Crippen molar-refractivity contribution in [2.75, 3.05) is 32.8 Å². The molecular weight excluding hydrogens is 480 g/mol. The Morgan fingerprint density at radius 1 is 0.868 bits per heavy atom. The fourth-order valence-electron chi connectivity index (χ4n) is 4.62. The lowest BCUT2D eigenvalue weighted by Gasteiger charge is -2.12. The van der Waals surface area contributed by atoms with Gasteiger partial charge in [0.1, 0.15) is 12.1 Å². The van der Waals surface area contributed by atoms with Gasteiger partial charge in [-0.15, -0.1) is 0 Å². The topological polar surface area (TPSA) is 102 Å². The molecule has 0 bridgehead atoms. The summed E-state index contributed by atoms with van der Waals surface area (Å²) in [6, 6.07) is 11.4. The zero-order chi connectivity index (χ0) is 27.8. The Hall–Kier alpha value is -3.16. The number of hydrogen-bond acceptors (Lipinski definition) is 6. The highest BCUT2D eigenvalue weighted by molar-refractivity contribution is 5.96. The lowest BCUT2D eigenvalue weighted by molar-refractivity contribution is -0.121. The monoisotopic (exact) mass is 522 g/mol. The average molecular weight is 523 g/mol. The van der Waals surface area contributed by atoms with Crippen LogP contribution in [-0.4, -0.2) is 56.6 Å². The lowest BCUT2D eigenvalue weighted by Crippen LogP contribution is -2.28. The molecule has 1 amide bonds. The van der Waals surface area contributed by atoms with Crippen molar-refractivity contribution in [1.82, 2.24) is 10.6 Å². The maximum absolute atomic E-state index is 12.3. The van der Waals surface area contributed by atoms with Crippen LogP contribution in [0.5, 0.6) is 0 Å². The van der Waals surface area contributed by atoms with E-state index >= 15 is 0 Å². The number of amides is 1. The number of hydrogen-bond donors (Lipinski definition) is 2. The minimum atomic E-state index is -0.0113. The quantitative estimate of drug-likeness (QED) is 0.164. The van der Waals surface area contributed by atoms with Gasteiger partial charge in [0.2, 0.25) is 5.91 Å². The van der Waals surface area contributed by atoms with E-state index < -0.39 is 0 Å². The van der Waals surface area contributed by atoms with Crippen molar-refractivity contribution in [3.8, 4) is 0 Å². The molecule has 0 unspecified atom stereocenters. The fourth-order valence-corrected chi connectivity index (χ4v) is 4.62. The Morgan fingerprint density at radius 2 is 1.55 bits per heavy atom. The predicted molar refractivity (Wildman–Crippen MR) is 150 cm³/mol. The highest BCUT2D eigenvalue weighted by Gasteiger charge is 2.12. The Bertz CT molecular complexity index is 1080. The zero-order valence-corrected chi connectivity index (χ0v) is 23.1. The Kier molecular flexibility index (Phi) is 14.2. The predicted octanol–water partition coefficient (Wildman–Crippen LogP) is 4.07. The zero-order valence-electron chi connectivity index (χ0n) is 23.1. The first-order chi connectivity index (χ1) is 18.4. The van der Waals surface area contributed by atoms with Crippen LogP contribution in [0.15, 0.2) is 36.4 Å². The second-order valence-corrected chi connectivity index (χ2v) is 9.34. The summed E-state index contributed by atoms with van der Waals surface area (Å²) in [6.45, 7) is 8.07. The Morgan fingerprint density at radius 3 is 2.24 bits per heavy atom. The molecule has 0 fully saturated rings. The van der Waals surface area contributed by atoms with Crippen molar-refractivity contribution in [3.05, 3.63) is 69.8 Å². The molecule has 0 radical (unpaired) electrons. The van der Waals surface area contributed by atoms with Crippen LogP contribution in [0.25, 0.3) is 0 Å². The van der Waals surface area contributed by atoms with Gasteiger partial charge in [0.15, 0.2) is 5.78 Å². The van der Waals surface area contributed by atoms with Crippen LogP contribution in [0.1, 0.15) is 83.0 Å². The third kappa shape index (κ3) is 10.3. The molecule has 7 nitrogen and oxygen atoms in total. The van der Waals surface area contributed by atoms with Gasteiger partial charge >= 0.3 is 0 Å². The van der Waals surface area contributed by atoms with Crippen LogP contribution < -0.4 is 10.6 Å². The number of ether oxygens (including phenoxy) is 1. The summed E-state index contributed by atoms with van der Waals surface area (Å²) < 4.78 is 5.59. The molecule has 7 heteroatoms. The van der Waals surface area contributed by atoms with Gasteiger partial charge in [0, 0.05) is 43.7 Å². The van der Waals surface area contributed by atoms with E-state index in [0.29, 0.717) is 70.5 Å². The molecule has 0 saturated carbocycles. The molecule has 0 aliphatic rings. The number of ketones is 2. The Balaban J connectivity index is 1.52. The second kappa shape index (κ2) is 17.4. The smallest absolute Gasteiger partial charge is 0.220 e. The van der Waals surface area contributed by atoms with Gasteiger partial charge in [-0.2, -0.15) is 0 Å². The SMILES string of the molecule is CCc1c(C=O)cccc1CCC(=O)NCCCOCCNCC(=O)CCc1cccc(C(C)=O)c1CC. The maximum atomic E-state index is 12.3. The lowest BCUT2D eigenvalue weighted by atomic mass is 9.93. The number of benzene rings is 2. The number of nitrogens with one attached hydrogen (secondary N) is 2. The maximum Gasteiger partial charge on any atom is 0.220 e. The summed E-state index contributed by atoms with van der Waals surface area (Å²) in [4.78, 5) is 47.4. The van der Waals surface area contributed by atoms with Gasteiger partial charge in [-0.25, -0.2) is 0 Å². The van der Waals surface area contributed by atoms with Crippen LogP contribution >= 0.6 is 0 Å². The van der Waals surface area contributed by atoms with Crippen LogP contribution in [0, 0.1) is 0 Å². The number of aryl methyl sites for hydroxylation is 2. The van der Waals surface area contributed by atoms with Crippen molar-refractivity contribution in [3.63, 3.8) is 0 Å². The second-order valence-electron chi connectivity index (χ2n) is 9.34. The van der Waals surface area contributed by atoms with Gasteiger partial charge in [-0.1, -0.05) is 50.2 Å². The summed E-state index contributed by atoms with van der Waals surface area (Å²) >= 11 is 0. The number of carbonyl (C=O) groups is 4. The molecule has 206 valence electrons. The summed E-state index contributed by atoms with van der Waals surface area (Å²) in [7, 11) is 0. The van der Waals surface area contributed by atoms with Crippen LogP contribution in [0.3, 0.4) is 0 Å². The molecule has 0 aromatic heterocycles. The van der Waals surface area contributed by atoms with Gasteiger partial charge in [0.05, 0.1) is 13.2 Å². The summed E-state index contributed by atoms with van der Waals surface area (Å²) in [6.07, 6.45) is 5.19. The fraction of sp³-hybridized carbons (Fsp3) is 0.484. The van der Waals surface area contributed by atoms with Crippen molar-refractivity contribution in [2.45, 2.75) is 65.7 Å². The molecule has 0 saturated heterocycles. The molecule has 2 rings (SSSR count). The molecule has 2 aromatic rings. The molecule has 0 aliphatic heterocycles. The van der Waals surface area contributed by atoms with Gasteiger partial charge in [-0.3, -0.25) is 19.2 Å². The van der Waals surface area contributed by atoms with Crippen LogP contribution in [-0.2, 0) is 40.0 Å². The molecule has 2 aromatic carbocycles. The van der Waals surface area contributed by atoms with Gasteiger partial charge in [0.25, 0.3) is 0 Å². The van der Waals surface area contributed by atoms with Crippen molar-refractivity contribution < 1.29 is 23.9 Å². The molecule has 0 heterocycles. The van der Waals surface area contributed by atoms with E-state index in [-0.39, 0.29) is 17.5 Å². The molecular formula is C31H42N2O5. The summed E-state index contributed by atoms with van der Waals surface area (Å²) in [5.41, 5.74) is 5.63. The van der Waals surface area contributed by atoms with E-state index in [9.17, 15) is 19.2 Å². The molecule has 0 atom stereocenters.